The Labute approximate surface area is 150 Å². The van der Waals surface area contributed by atoms with Crippen LogP contribution in [0.25, 0.3) is 0 Å². The molecule has 7 nitrogen and oxygen atoms in total. The van der Waals surface area contributed by atoms with Gasteiger partial charge in [0.2, 0.25) is 5.88 Å². The lowest BCUT2D eigenvalue weighted by atomic mass is 9.73. The number of carbonyl (C=O) groups excluding carboxylic acids is 1. The third-order valence-electron chi connectivity index (χ3n) is 5.24. The number of rotatable bonds is 1. The summed E-state index contributed by atoms with van der Waals surface area (Å²) in [4.78, 5) is 26.9. The number of hydrogen-bond donors (Lipinski definition) is 0. The molecule has 2 aromatic heterocycles. The minimum Gasteiger partial charge on any atom is -0.474 e. The first-order valence-electron chi connectivity index (χ1n) is 8.64. The molecule has 2 fully saturated rings. The molecule has 0 saturated carbocycles. The van der Waals surface area contributed by atoms with E-state index in [2.05, 4.69) is 14.9 Å². The van der Waals surface area contributed by atoms with Crippen molar-refractivity contribution >= 4 is 17.5 Å². The number of likely N-dealkylation sites (tertiary alicyclic amines) is 1. The van der Waals surface area contributed by atoms with E-state index in [1.54, 1.807) is 17.2 Å². The molecule has 5 rings (SSSR count). The van der Waals surface area contributed by atoms with E-state index >= 15 is 0 Å². The lowest BCUT2D eigenvalue weighted by Crippen LogP contribution is -2.74. The van der Waals surface area contributed by atoms with Gasteiger partial charge in [-0.15, -0.1) is 0 Å². The zero-order valence-electron chi connectivity index (χ0n) is 14.1. The highest BCUT2D eigenvalue weighted by molar-refractivity contribution is 5.94. The average molecular weight is 355 g/mol. The van der Waals surface area contributed by atoms with E-state index in [4.69, 9.17) is 4.74 Å². The topological polar surface area (TPSA) is 61.8 Å². The van der Waals surface area contributed by atoms with E-state index in [1.165, 1.54) is 12.3 Å². The summed E-state index contributed by atoms with van der Waals surface area (Å²) in [6.45, 7) is 4.14. The van der Waals surface area contributed by atoms with E-state index in [1.807, 2.05) is 17.0 Å². The van der Waals surface area contributed by atoms with Crippen LogP contribution in [0.5, 0.6) is 5.88 Å². The first-order valence-corrected chi connectivity index (χ1v) is 8.64. The van der Waals surface area contributed by atoms with E-state index in [0.717, 1.165) is 37.7 Å². The largest absolute Gasteiger partial charge is 0.474 e. The van der Waals surface area contributed by atoms with Gasteiger partial charge in [0.25, 0.3) is 0 Å². The molecular weight excluding hydrogens is 337 g/mol. The van der Waals surface area contributed by atoms with Crippen molar-refractivity contribution in [1.29, 1.82) is 0 Å². The van der Waals surface area contributed by atoms with Gasteiger partial charge in [-0.25, -0.2) is 19.2 Å². The molecule has 0 aromatic carbocycles. The molecule has 0 atom stereocenters. The molecule has 3 aliphatic rings. The van der Waals surface area contributed by atoms with Crippen LogP contribution in [0, 0.1) is 11.2 Å². The maximum absolute atomic E-state index is 13.0. The molecule has 0 radical (unpaired) electrons. The maximum atomic E-state index is 13.0. The fourth-order valence-electron chi connectivity index (χ4n) is 4.00. The van der Waals surface area contributed by atoms with Crippen LogP contribution in [-0.2, 0) is 0 Å². The van der Waals surface area contributed by atoms with Gasteiger partial charge >= 0.3 is 6.03 Å². The molecule has 3 aliphatic heterocycles. The van der Waals surface area contributed by atoms with E-state index in [0.29, 0.717) is 19.0 Å². The van der Waals surface area contributed by atoms with Crippen molar-refractivity contribution in [1.82, 2.24) is 14.9 Å². The summed E-state index contributed by atoms with van der Waals surface area (Å²) in [6, 6.07) is 6.80. The minimum atomic E-state index is -0.329. The number of pyridine rings is 2. The number of nitrogens with zero attached hydrogens (tertiary/aromatic N) is 5. The smallest absolute Gasteiger partial charge is 0.324 e. The number of ether oxygens (including phenoxy) is 1. The van der Waals surface area contributed by atoms with Crippen molar-refractivity contribution in [3.05, 3.63) is 42.5 Å². The van der Waals surface area contributed by atoms with Crippen LogP contribution in [0.1, 0.15) is 0 Å². The number of urea groups is 1. The Morgan fingerprint density at radius 3 is 2.77 bits per heavy atom. The highest BCUT2D eigenvalue weighted by Crippen LogP contribution is 2.42. The zero-order chi connectivity index (χ0) is 17.7. The van der Waals surface area contributed by atoms with Crippen LogP contribution in [0.3, 0.4) is 0 Å². The lowest BCUT2D eigenvalue weighted by Gasteiger charge is -2.60. The second kappa shape index (κ2) is 5.55. The molecular formula is C18H18FN5O2. The van der Waals surface area contributed by atoms with Gasteiger partial charge in [-0.3, -0.25) is 4.90 Å². The lowest BCUT2D eigenvalue weighted by molar-refractivity contribution is 0.00925. The van der Waals surface area contributed by atoms with Crippen LogP contribution >= 0.6 is 0 Å². The molecule has 0 aliphatic carbocycles. The predicted molar refractivity (Wildman–Crippen MR) is 92.9 cm³/mol. The number of fused-ring (bicyclic) bond motifs is 1. The summed E-state index contributed by atoms with van der Waals surface area (Å²) in [5, 5.41) is 0. The summed E-state index contributed by atoms with van der Waals surface area (Å²) in [6.07, 6.45) is 2.90. The first kappa shape index (κ1) is 15.4. The van der Waals surface area contributed by atoms with Crippen LogP contribution in [0.15, 0.2) is 36.7 Å². The fourth-order valence-corrected chi connectivity index (χ4v) is 4.00. The molecule has 2 aromatic rings. The number of hydrogen-bond acceptors (Lipinski definition) is 5. The van der Waals surface area contributed by atoms with Gasteiger partial charge in [-0.05, 0) is 24.3 Å². The van der Waals surface area contributed by atoms with Crippen LogP contribution in [0.4, 0.5) is 20.7 Å². The number of amides is 2. The van der Waals surface area contributed by atoms with Gasteiger partial charge in [-0.2, -0.15) is 0 Å². The van der Waals surface area contributed by atoms with Gasteiger partial charge < -0.3 is 14.5 Å². The number of anilines is 2. The summed E-state index contributed by atoms with van der Waals surface area (Å²) in [5.41, 5.74) is 0.867. The molecule has 2 saturated heterocycles. The monoisotopic (exact) mass is 355 g/mol. The first-order chi connectivity index (χ1) is 12.6. The number of carbonyl (C=O) groups is 1. The molecule has 8 heteroatoms. The summed E-state index contributed by atoms with van der Waals surface area (Å²) >= 11 is 0. The summed E-state index contributed by atoms with van der Waals surface area (Å²) in [5.74, 6) is 0.971. The quantitative estimate of drug-likeness (QED) is 0.780. The van der Waals surface area contributed by atoms with Crippen molar-refractivity contribution in [2.24, 2.45) is 5.41 Å². The SMILES string of the molecule is O=C(N1CC2(C1)CN(c1ccc(F)cn1)C2)N1CCOc2ncccc21. The minimum absolute atomic E-state index is 0.00605. The molecule has 5 heterocycles. The Morgan fingerprint density at radius 2 is 2.00 bits per heavy atom. The standard InChI is InChI=1S/C18H18FN5O2/c19-13-3-4-15(21-8-13)22-9-18(10-22)11-23(12-18)17(25)24-6-7-26-16-14(24)2-1-5-20-16/h1-5,8H,6-7,9-12H2. The van der Waals surface area contributed by atoms with Crippen molar-refractivity contribution < 1.29 is 13.9 Å². The van der Waals surface area contributed by atoms with Gasteiger partial charge in [0.15, 0.2) is 0 Å². The molecule has 26 heavy (non-hydrogen) atoms. The predicted octanol–water partition coefficient (Wildman–Crippen LogP) is 1.76. The van der Waals surface area contributed by atoms with Gasteiger partial charge in [0.05, 0.1) is 12.7 Å². The molecule has 0 bridgehead atoms. The van der Waals surface area contributed by atoms with Crippen LogP contribution in [-0.4, -0.2) is 60.2 Å². The Morgan fingerprint density at radius 1 is 1.15 bits per heavy atom. The molecule has 0 unspecified atom stereocenters. The van der Waals surface area contributed by atoms with Crippen molar-refractivity contribution in [3.8, 4) is 5.88 Å². The van der Waals surface area contributed by atoms with Crippen molar-refractivity contribution in [3.63, 3.8) is 0 Å². The molecule has 2 amide bonds. The highest BCUT2D eigenvalue weighted by Gasteiger charge is 2.54. The van der Waals surface area contributed by atoms with E-state index < -0.39 is 0 Å². The normalized spacial score (nSPS) is 20.1. The van der Waals surface area contributed by atoms with Crippen molar-refractivity contribution in [2.75, 3.05) is 49.1 Å². The van der Waals surface area contributed by atoms with Gasteiger partial charge in [-0.1, -0.05) is 0 Å². The van der Waals surface area contributed by atoms with E-state index in [-0.39, 0.29) is 17.3 Å². The van der Waals surface area contributed by atoms with Crippen molar-refractivity contribution in [2.45, 2.75) is 0 Å². The second-order valence-corrected chi connectivity index (χ2v) is 7.16. The second-order valence-electron chi connectivity index (χ2n) is 7.16. The number of halogens is 1. The Hall–Kier alpha value is -2.90. The summed E-state index contributed by atoms with van der Waals surface area (Å²) in [7, 11) is 0. The highest BCUT2D eigenvalue weighted by atomic mass is 19.1. The fraction of sp³-hybridized carbons (Fsp3) is 0.389. The maximum Gasteiger partial charge on any atom is 0.324 e. The van der Waals surface area contributed by atoms with Gasteiger partial charge in [0.1, 0.15) is 23.9 Å². The molecule has 0 N–H and O–H groups in total. The average Bonchev–Trinajstić information content (AvgIpc) is 2.60. The Kier molecular flexibility index (Phi) is 3.28. The molecule has 134 valence electrons. The molecule has 1 spiro atoms. The Balaban J connectivity index is 1.22. The number of aromatic nitrogens is 2. The van der Waals surface area contributed by atoms with E-state index in [9.17, 15) is 9.18 Å². The third-order valence-corrected chi connectivity index (χ3v) is 5.24. The van der Waals surface area contributed by atoms with Crippen LogP contribution < -0.4 is 14.5 Å². The van der Waals surface area contributed by atoms with Gasteiger partial charge in [0, 0.05) is 37.8 Å². The third kappa shape index (κ3) is 2.36. The zero-order valence-corrected chi connectivity index (χ0v) is 14.1. The summed E-state index contributed by atoms with van der Waals surface area (Å²) < 4.78 is 18.5. The Bertz CT molecular complexity index is 845. The van der Waals surface area contributed by atoms with Crippen LogP contribution in [0.2, 0.25) is 0 Å².